The van der Waals surface area contributed by atoms with E-state index in [1.165, 1.54) is 26.4 Å². The number of anilines is 2. The van der Waals surface area contributed by atoms with Gasteiger partial charge in [0.15, 0.2) is 0 Å². The zero-order valence-electron chi connectivity index (χ0n) is 36.0. The van der Waals surface area contributed by atoms with E-state index in [2.05, 4.69) is 14.7 Å². The van der Waals surface area contributed by atoms with Crippen molar-refractivity contribution in [2.24, 2.45) is 11.8 Å². The molecule has 0 spiro atoms. The number of aliphatic hydroxyl groups excluding tert-OH is 6. The van der Waals surface area contributed by atoms with Crippen molar-refractivity contribution < 1.29 is 125 Å². The van der Waals surface area contributed by atoms with E-state index < -0.39 is 96.2 Å². The summed E-state index contributed by atoms with van der Waals surface area (Å²) in [5, 5.41) is 61.2. The van der Waals surface area contributed by atoms with Crippen LogP contribution >= 0.6 is 0 Å². The fourth-order valence-electron chi connectivity index (χ4n) is 5.34. The number of para-hydroxylation sites is 4. The van der Waals surface area contributed by atoms with Crippen LogP contribution < -0.4 is 20.1 Å². The number of benzene rings is 2. The number of ether oxygens (including phenoxy) is 6. The van der Waals surface area contributed by atoms with Gasteiger partial charge in [0.1, 0.15) is 23.3 Å². The SMILES string of the molecule is CCOC(=O)C1=CC(O)C(C(O)C=C(C)Nc2ccccc2OC)C(=O)O1.CCOC(=O)C1=CC(O)C(C(O)C=C(C)Nc2ccccc2OC)C(=O)O1.CO.CO.[O]=[Mo]1[O][Mo](=[O])[O]1. The third-order valence-corrected chi connectivity index (χ3v) is 15.5. The second-order valence-corrected chi connectivity index (χ2v) is 18.9. The molecule has 3 aliphatic heterocycles. The normalized spacial score (nSPS) is 20.4. The number of carbonyl (C=O) groups is 4. The Morgan fingerprint density at radius 3 is 1.27 bits per heavy atom. The molecule has 8 N–H and O–H groups in total. The van der Waals surface area contributed by atoms with Gasteiger partial charge in [0, 0.05) is 25.6 Å². The molecular weight excluding hydrogens is 1020 g/mol. The number of nitrogens with one attached hydrogen (secondary N) is 2. The summed E-state index contributed by atoms with van der Waals surface area (Å²) in [5.41, 5.74) is 2.42. The van der Waals surface area contributed by atoms with Gasteiger partial charge in [0.2, 0.25) is 11.5 Å². The first kappa shape index (κ1) is 57.2. The fraction of sp³-hybridized carbons (Fsp3) is 0.400. The molecule has 0 aliphatic carbocycles. The van der Waals surface area contributed by atoms with E-state index in [4.69, 9.17) is 38.6 Å². The number of esters is 4. The summed E-state index contributed by atoms with van der Waals surface area (Å²) in [6, 6.07) is 14.4. The topological polar surface area (TPSA) is 322 Å². The summed E-state index contributed by atoms with van der Waals surface area (Å²) in [4.78, 5) is 47.6. The van der Waals surface area contributed by atoms with Crippen molar-refractivity contribution in [1.82, 2.24) is 0 Å². The predicted molar refractivity (Wildman–Crippen MR) is 213 cm³/mol. The first-order valence-corrected chi connectivity index (χ1v) is 23.7. The number of cyclic esters (lactones) is 2. The summed E-state index contributed by atoms with van der Waals surface area (Å²) >= 11 is -5.51. The van der Waals surface area contributed by atoms with Gasteiger partial charge in [0.25, 0.3) is 0 Å². The van der Waals surface area contributed by atoms with Crippen LogP contribution in [0.15, 0.2) is 95.7 Å². The molecule has 5 rings (SSSR count). The molecule has 6 atom stereocenters. The quantitative estimate of drug-likeness (QED) is 0.0756. The van der Waals surface area contributed by atoms with Crippen LogP contribution in [0.1, 0.15) is 27.7 Å². The maximum absolute atomic E-state index is 12.1. The Balaban J connectivity index is 0.000000528. The third-order valence-electron chi connectivity index (χ3n) is 7.98. The van der Waals surface area contributed by atoms with E-state index in [0.29, 0.717) is 34.3 Å². The van der Waals surface area contributed by atoms with Crippen molar-refractivity contribution in [3.63, 3.8) is 0 Å². The molecule has 0 bridgehead atoms. The average Bonchev–Trinajstić information content (AvgIpc) is 3.25. The summed E-state index contributed by atoms with van der Waals surface area (Å²) in [5.74, 6) is -5.60. The summed E-state index contributed by atoms with van der Waals surface area (Å²) < 4.78 is 57.6. The van der Waals surface area contributed by atoms with E-state index in [-0.39, 0.29) is 24.7 Å². The van der Waals surface area contributed by atoms with Gasteiger partial charge in [-0.25, -0.2) is 9.59 Å². The number of hydrogen-bond donors (Lipinski definition) is 8. The minimum atomic E-state index is -2.75. The van der Waals surface area contributed by atoms with Crippen LogP contribution in [0, 0.1) is 11.8 Å². The molecule has 64 heavy (non-hydrogen) atoms. The van der Waals surface area contributed by atoms with Gasteiger partial charge < -0.3 is 69.7 Å². The van der Waals surface area contributed by atoms with Crippen LogP contribution in [0.2, 0.25) is 0 Å². The van der Waals surface area contributed by atoms with Gasteiger partial charge in [-0.2, -0.15) is 0 Å². The van der Waals surface area contributed by atoms with E-state index in [0.717, 1.165) is 26.4 Å². The molecular formula is C40H54Mo2N2O20. The Bertz CT molecular complexity index is 1870. The Kier molecular flexibility index (Phi) is 27.1. The van der Waals surface area contributed by atoms with Crippen molar-refractivity contribution >= 4 is 35.3 Å². The molecule has 0 aromatic heterocycles. The third kappa shape index (κ3) is 18.3. The number of rotatable bonds is 14. The first-order chi connectivity index (χ1) is 30.5. The van der Waals surface area contributed by atoms with Crippen molar-refractivity contribution in [2.45, 2.75) is 52.1 Å². The van der Waals surface area contributed by atoms with Crippen LogP contribution in [0.3, 0.4) is 0 Å². The molecule has 3 aliphatic rings. The zero-order chi connectivity index (χ0) is 48.5. The van der Waals surface area contributed by atoms with E-state index in [9.17, 15) is 46.4 Å². The van der Waals surface area contributed by atoms with E-state index >= 15 is 0 Å². The maximum atomic E-state index is 12.1. The summed E-state index contributed by atoms with van der Waals surface area (Å²) in [6.45, 7) is 6.80. The van der Waals surface area contributed by atoms with Gasteiger partial charge >= 0.3 is 70.8 Å². The number of hydrogen-bond acceptors (Lipinski definition) is 22. The van der Waals surface area contributed by atoms with Crippen LogP contribution in [-0.2, 0) is 85.1 Å². The van der Waals surface area contributed by atoms with Gasteiger partial charge in [-0.1, -0.05) is 24.3 Å². The summed E-state index contributed by atoms with van der Waals surface area (Å²) in [6.07, 6.45) is -0.583. The zero-order valence-corrected chi connectivity index (χ0v) is 40.0. The van der Waals surface area contributed by atoms with Crippen LogP contribution in [0.4, 0.5) is 11.4 Å². The number of carbonyl (C=O) groups excluding carboxylic acids is 4. The molecule has 0 amide bonds. The van der Waals surface area contributed by atoms with Crippen molar-refractivity contribution in [3.05, 3.63) is 95.7 Å². The van der Waals surface area contributed by atoms with Crippen LogP contribution in [0.5, 0.6) is 11.5 Å². The Morgan fingerprint density at radius 1 is 0.672 bits per heavy atom. The molecule has 0 radical (unpaired) electrons. The van der Waals surface area contributed by atoms with Crippen molar-refractivity contribution in [2.75, 3.05) is 52.3 Å². The van der Waals surface area contributed by atoms with E-state index in [1.54, 1.807) is 52.0 Å². The molecule has 24 heteroatoms. The molecule has 22 nitrogen and oxygen atoms in total. The molecule has 356 valence electrons. The number of aliphatic hydroxyl groups is 6. The van der Waals surface area contributed by atoms with Crippen LogP contribution in [0.25, 0.3) is 0 Å². The Hall–Kier alpha value is -4.86. The van der Waals surface area contributed by atoms with Gasteiger partial charge in [-0.05, 0) is 76.3 Å². The van der Waals surface area contributed by atoms with Gasteiger partial charge in [-0.15, -0.1) is 0 Å². The monoisotopic (exact) mass is 1080 g/mol. The first-order valence-electron chi connectivity index (χ1n) is 18.7. The molecule has 2 aromatic rings. The molecule has 2 aromatic carbocycles. The average molecular weight is 1070 g/mol. The fourth-order valence-corrected chi connectivity index (χ4v) is 8.60. The Labute approximate surface area is 382 Å². The van der Waals surface area contributed by atoms with Gasteiger partial charge in [0.05, 0.1) is 63.2 Å². The van der Waals surface area contributed by atoms with Gasteiger partial charge in [-0.3, -0.25) is 9.59 Å². The molecule has 1 fully saturated rings. The second-order valence-electron chi connectivity index (χ2n) is 12.3. The Morgan fingerprint density at radius 2 is 1.00 bits per heavy atom. The van der Waals surface area contributed by atoms with Crippen molar-refractivity contribution in [1.29, 1.82) is 0 Å². The van der Waals surface area contributed by atoms with Crippen LogP contribution in [-0.4, -0.2) is 121 Å². The molecule has 1 saturated heterocycles. The standard InChI is InChI=1S/2C19H23NO7.2CH4O.2Mo.4O/c2*1-4-26-18(23)16-10-14(22)17(19(24)27-16)13(21)9-11(2)20-12-7-5-6-8-15(12)25-3;2*1-2;;;;;;/h2*5-10,13-14,17,20-22H,4H2,1-3H3;2*2H,1H3;;;;;;. The summed E-state index contributed by atoms with van der Waals surface area (Å²) in [7, 11) is 5.08. The predicted octanol–water partition coefficient (Wildman–Crippen LogP) is 1.54. The number of allylic oxidation sites excluding steroid dienone is 2. The molecule has 0 saturated carbocycles. The van der Waals surface area contributed by atoms with Crippen molar-refractivity contribution in [3.8, 4) is 11.5 Å². The molecule has 6 unspecified atom stereocenters. The molecule has 3 heterocycles. The second kappa shape index (κ2) is 30.3. The minimum absolute atomic E-state index is 0.104. The van der Waals surface area contributed by atoms with E-state index in [1.807, 2.05) is 24.3 Å². The number of methoxy groups -OCH3 is 2.